The molecule has 0 aliphatic heterocycles. The van der Waals surface area contributed by atoms with E-state index in [0.717, 1.165) is 12.7 Å². The number of ether oxygens (including phenoxy) is 2. The maximum absolute atomic E-state index is 12.5. The average Bonchev–Trinajstić information content (AvgIpc) is 2.75. The number of carbonyl (C=O) groups excluding carboxylic acids is 2. The highest BCUT2D eigenvalue weighted by Gasteiger charge is 2.25. The molecule has 0 heterocycles. The van der Waals surface area contributed by atoms with E-state index in [4.69, 9.17) is 4.74 Å². The molecule has 0 saturated heterocycles. The number of hydrogen-bond acceptors (Lipinski definition) is 7. The molecule has 10 heteroatoms. The van der Waals surface area contributed by atoms with Crippen LogP contribution >= 0.6 is 0 Å². The molecule has 2 aromatic carbocycles. The molecule has 0 aromatic heterocycles. The van der Waals surface area contributed by atoms with Crippen LogP contribution in [0.25, 0.3) is 0 Å². The molecule has 0 radical (unpaired) electrons. The van der Waals surface area contributed by atoms with Gasteiger partial charge in [0, 0.05) is 11.8 Å². The lowest BCUT2D eigenvalue weighted by Gasteiger charge is -2.16. The summed E-state index contributed by atoms with van der Waals surface area (Å²) >= 11 is 0. The molecule has 2 atom stereocenters. The summed E-state index contributed by atoms with van der Waals surface area (Å²) < 4.78 is 22.2. The molecule has 1 amide bonds. The zero-order valence-corrected chi connectivity index (χ0v) is 16.4. The van der Waals surface area contributed by atoms with Crippen LogP contribution in [0, 0.1) is 10.1 Å². The second-order valence-electron chi connectivity index (χ2n) is 5.84. The number of para-hydroxylation sites is 1. The molecular weight excluding hydrogens is 400 g/mol. The van der Waals surface area contributed by atoms with Gasteiger partial charge in [0.05, 0.1) is 22.8 Å². The van der Waals surface area contributed by atoms with Gasteiger partial charge < -0.3 is 14.8 Å². The van der Waals surface area contributed by atoms with Gasteiger partial charge >= 0.3 is 12.1 Å². The lowest BCUT2D eigenvalue weighted by Crippen LogP contribution is -2.42. The van der Waals surface area contributed by atoms with Crippen molar-refractivity contribution in [1.29, 1.82) is 0 Å². The topological polar surface area (TPSA) is 125 Å². The van der Waals surface area contributed by atoms with Crippen LogP contribution in [0.3, 0.4) is 0 Å². The predicted octanol–water partition coefficient (Wildman–Crippen LogP) is 2.56. The SMILES string of the molecule is COC(=O)[C@H](CCS(=O)c1ccccc1[N+](=O)[O-])NC(=O)OCc1ccccc1. The predicted molar refractivity (Wildman–Crippen MR) is 105 cm³/mol. The molecule has 0 aliphatic carbocycles. The van der Waals surface area contributed by atoms with Gasteiger partial charge in [-0.25, -0.2) is 9.59 Å². The summed E-state index contributed by atoms with van der Waals surface area (Å²) in [6.07, 6.45) is -0.882. The van der Waals surface area contributed by atoms with Crippen LogP contribution in [0.1, 0.15) is 12.0 Å². The van der Waals surface area contributed by atoms with Crippen LogP contribution < -0.4 is 5.32 Å². The number of alkyl carbamates (subject to hydrolysis) is 1. The van der Waals surface area contributed by atoms with Gasteiger partial charge in [-0.15, -0.1) is 0 Å². The molecule has 1 N–H and O–H groups in total. The third-order valence-electron chi connectivity index (χ3n) is 3.89. The molecule has 1 unspecified atom stereocenters. The third-order valence-corrected chi connectivity index (χ3v) is 5.33. The first kappa shape index (κ1) is 22.0. The van der Waals surface area contributed by atoms with Gasteiger partial charge in [0.1, 0.15) is 17.5 Å². The Kier molecular flexibility index (Phi) is 8.28. The number of hydrogen-bond donors (Lipinski definition) is 1. The Morgan fingerprint density at radius 2 is 1.79 bits per heavy atom. The summed E-state index contributed by atoms with van der Waals surface area (Å²) in [5, 5.41) is 13.5. The van der Waals surface area contributed by atoms with Gasteiger partial charge in [0.25, 0.3) is 5.69 Å². The summed E-state index contributed by atoms with van der Waals surface area (Å²) in [6.45, 7) is 0.0166. The van der Waals surface area contributed by atoms with Gasteiger partial charge in [-0.3, -0.25) is 14.3 Å². The van der Waals surface area contributed by atoms with E-state index in [2.05, 4.69) is 10.1 Å². The highest BCUT2D eigenvalue weighted by Crippen LogP contribution is 2.22. The Balaban J connectivity index is 1.96. The summed E-state index contributed by atoms with van der Waals surface area (Å²) in [5.41, 5.74) is 0.505. The summed E-state index contributed by atoms with van der Waals surface area (Å²) in [6, 6.07) is 13.5. The molecule has 29 heavy (non-hydrogen) atoms. The van der Waals surface area contributed by atoms with E-state index in [1.165, 1.54) is 24.3 Å². The maximum Gasteiger partial charge on any atom is 0.408 e. The number of amides is 1. The first-order chi connectivity index (χ1) is 13.9. The Bertz CT molecular complexity index is 889. The Morgan fingerprint density at radius 3 is 2.45 bits per heavy atom. The number of rotatable bonds is 9. The minimum absolute atomic E-state index is 0.0166. The quantitative estimate of drug-likeness (QED) is 0.375. The summed E-state index contributed by atoms with van der Waals surface area (Å²) in [7, 11) is -0.586. The molecule has 0 bridgehead atoms. The van der Waals surface area contributed by atoms with Crippen LogP contribution in [0.15, 0.2) is 59.5 Å². The highest BCUT2D eigenvalue weighted by molar-refractivity contribution is 7.85. The number of esters is 1. The van der Waals surface area contributed by atoms with Crippen LogP contribution in [-0.2, 0) is 31.7 Å². The smallest absolute Gasteiger partial charge is 0.408 e. The van der Waals surface area contributed by atoms with Crippen molar-refractivity contribution in [2.75, 3.05) is 12.9 Å². The lowest BCUT2D eigenvalue weighted by molar-refractivity contribution is -0.387. The van der Waals surface area contributed by atoms with Crippen molar-refractivity contribution in [3.05, 3.63) is 70.3 Å². The van der Waals surface area contributed by atoms with Crippen molar-refractivity contribution in [2.45, 2.75) is 24.0 Å². The zero-order chi connectivity index (χ0) is 21.2. The van der Waals surface area contributed by atoms with E-state index in [1.807, 2.05) is 6.07 Å². The van der Waals surface area contributed by atoms with Crippen molar-refractivity contribution in [1.82, 2.24) is 5.32 Å². The summed E-state index contributed by atoms with van der Waals surface area (Å²) in [4.78, 5) is 34.4. The van der Waals surface area contributed by atoms with Crippen LogP contribution in [0.4, 0.5) is 10.5 Å². The fourth-order valence-electron chi connectivity index (χ4n) is 2.43. The Morgan fingerprint density at radius 1 is 1.14 bits per heavy atom. The van der Waals surface area contributed by atoms with Gasteiger partial charge in [-0.05, 0) is 18.1 Å². The lowest BCUT2D eigenvalue weighted by atomic mass is 10.2. The molecule has 2 aromatic rings. The molecule has 0 aliphatic rings. The van der Waals surface area contributed by atoms with Gasteiger partial charge in [-0.1, -0.05) is 42.5 Å². The minimum atomic E-state index is -1.74. The van der Waals surface area contributed by atoms with Crippen molar-refractivity contribution >= 4 is 28.5 Å². The number of carbonyl (C=O) groups is 2. The number of nitro groups is 1. The fraction of sp³-hybridized carbons (Fsp3) is 0.263. The Labute approximate surface area is 169 Å². The third kappa shape index (κ3) is 6.68. The van der Waals surface area contributed by atoms with E-state index in [1.54, 1.807) is 24.3 Å². The van der Waals surface area contributed by atoms with Crippen LogP contribution in [0.5, 0.6) is 0 Å². The number of benzene rings is 2. The van der Waals surface area contributed by atoms with Gasteiger partial charge in [0.2, 0.25) is 0 Å². The highest BCUT2D eigenvalue weighted by atomic mass is 32.2. The van der Waals surface area contributed by atoms with Crippen LogP contribution in [-0.4, -0.2) is 40.1 Å². The molecule has 0 saturated carbocycles. The monoisotopic (exact) mass is 420 g/mol. The first-order valence-electron chi connectivity index (χ1n) is 8.59. The number of nitrogens with zero attached hydrogens (tertiary/aromatic N) is 1. The molecule has 0 spiro atoms. The van der Waals surface area contributed by atoms with Gasteiger partial charge in [-0.2, -0.15) is 0 Å². The van der Waals surface area contributed by atoms with Crippen molar-refractivity contribution in [3.8, 4) is 0 Å². The zero-order valence-electron chi connectivity index (χ0n) is 15.6. The molecule has 154 valence electrons. The molecule has 0 fully saturated rings. The fourth-order valence-corrected chi connectivity index (χ4v) is 3.71. The largest absolute Gasteiger partial charge is 0.467 e. The number of methoxy groups -OCH3 is 1. The second kappa shape index (κ2) is 10.9. The minimum Gasteiger partial charge on any atom is -0.467 e. The van der Waals surface area contributed by atoms with E-state index in [9.17, 15) is 23.9 Å². The van der Waals surface area contributed by atoms with E-state index in [0.29, 0.717) is 0 Å². The second-order valence-corrected chi connectivity index (χ2v) is 7.38. The van der Waals surface area contributed by atoms with Crippen LogP contribution in [0.2, 0.25) is 0 Å². The normalized spacial score (nSPS) is 12.4. The summed E-state index contributed by atoms with van der Waals surface area (Å²) in [5.74, 6) is -0.829. The number of nitrogens with one attached hydrogen (secondary N) is 1. The first-order valence-corrected chi connectivity index (χ1v) is 9.91. The Hall–Kier alpha value is -3.27. The van der Waals surface area contributed by atoms with Crippen molar-refractivity contribution < 1.29 is 28.2 Å². The molecule has 2 rings (SSSR count). The van der Waals surface area contributed by atoms with E-state index in [-0.39, 0.29) is 29.4 Å². The van der Waals surface area contributed by atoms with Crippen molar-refractivity contribution in [2.24, 2.45) is 0 Å². The average molecular weight is 420 g/mol. The molecule has 9 nitrogen and oxygen atoms in total. The van der Waals surface area contributed by atoms with Crippen molar-refractivity contribution in [3.63, 3.8) is 0 Å². The van der Waals surface area contributed by atoms with Gasteiger partial charge in [0.15, 0.2) is 0 Å². The standard InChI is InChI=1S/C19H20N2O7S/c1-27-18(22)15(20-19(23)28-13-14-7-3-2-4-8-14)11-12-29(26)17-10-6-5-9-16(17)21(24)25/h2-10,15H,11-13H2,1H3,(H,20,23)/t15-,29?/m0/s1. The number of nitro benzene ring substituents is 1. The molecular formula is C19H20N2O7S. The van der Waals surface area contributed by atoms with E-state index >= 15 is 0 Å². The maximum atomic E-state index is 12.5. The van der Waals surface area contributed by atoms with E-state index < -0.39 is 33.8 Å².